The van der Waals surface area contributed by atoms with E-state index in [-0.39, 0.29) is 12.1 Å². The predicted octanol–water partition coefficient (Wildman–Crippen LogP) is 1.44. The summed E-state index contributed by atoms with van der Waals surface area (Å²) in [6.07, 6.45) is 5.34. The van der Waals surface area contributed by atoms with Crippen molar-refractivity contribution in [2.75, 3.05) is 13.1 Å². The highest BCUT2D eigenvalue weighted by molar-refractivity contribution is 4.84. The van der Waals surface area contributed by atoms with E-state index in [9.17, 15) is 0 Å². The van der Waals surface area contributed by atoms with Gasteiger partial charge in [0.1, 0.15) is 0 Å². The molecule has 4 atom stereocenters. The SMILES string of the molecule is CC(N)CNC(C)C1CCC(C(C)NCC(C)N)CC1. The Morgan fingerprint density at radius 3 is 1.30 bits per heavy atom. The lowest BCUT2D eigenvalue weighted by atomic mass is 9.76. The van der Waals surface area contributed by atoms with Crippen LogP contribution in [0, 0.1) is 11.8 Å². The molecule has 0 aromatic rings. The fraction of sp³-hybridized carbons (Fsp3) is 1.00. The number of nitrogens with one attached hydrogen (secondary N) is 2. The molecule has 0 saturated heterocycles. The Labute approximate surface area is 125 Å². The average molecular weight is 284 g/mol. The van der Waals surface area contributed by atoms with Gasteiger partial charge in [0.05, 0.1) is 0 Å². The lowest BCUT2D eigenvalue weighted by Crippen LogP contribution is -2.44. The van der Waals surface area contributed by atoms with Crippen LogP contribution < -0.4 is 22.1 Å². The van der Waals surface area contributed by atoms with Crippen LogP contribution in [0.5, 0.6) is 0 Å². The van der Waals surface area contributed by atoms with Crippen LogP contribution in [0.3, 0.4) is 0 Å². The molecule has 120 valence electrons. The van der Waals surface area contributed by atoms with Crippen LogP contribution in [-0.4, -0.2) is 37.3 Å². The molecule has 1 aliphatic carbocycles. The lowest BCUT2D eigenvalue weighted by molar-refractivity contribution is 0.198. The summed E-state index contributed by atoms with van der Waals surface area (Å²) in [5.74, 6) is 1.62. The van der Waals surface area contributed by atoms with Gasteiger partial charge < -0.3 is 22.1 Å². The van der Waals surface area contributed by atoms with Crippen molar-refractivity contribution in [1.82, 2.24) is 10.6 Å². The van der Waals surface area contributed by atoms with E-state index in [1.165, 1.54) is 25.7 Å². The molecule has 0 heterocycles. The maximum atomic E-state index is 5.81. The molecule has 0 aromatic carbocycles. The van der Waals surface area contributed by atoms with E-state index in [0.717, 1.165) is 24.9 Å². The molecule has 0 aliphatic heterocycles. The minimum absolute atomic E-state index is 0.247. The Morgan fingerprint density at radius 1 is 0.750 bits per heavy atom. The number of nitrogens with two attached hydrogens (primary N) is 2. The van der Waals surface area contributed by atoms with E-state index in [2.05, 4.69) is 38.3 Å². The molecular formula is C16H36N4. The molecular weight excluding hydrogens is 248 g/mol. The monoisotopic (exact) mass is 284 g/mol. The zero-order chi connectivity index (χ0) is 15.1. The van der Waals surface area contributed by atoms with Gasteiger partial charge in [-0.3, -0.25) is 0 Å². The van der Waals surface area contributed by atoms with Crippen LogP contribution >= 0.6 is 0 Å². The summed E-state index contributed by atoms with van der Waals surface area (Å²) in [7, 11) is 0. The van der Waals surface area contributed by atoms with Crippen molar-refractivity contribution in [2.24, 2.45) is 23.3 Å². The summed E-state index contributed by atoms with van der Waals surface area (Å²) >= 11 is 0. The second kappa shape index (κ2) is 8.98. The van der Waals surface area contributed by atoms with Crippen molar-refractivity contribution in [3.05, 3.63) is 0 Å². The smallest absolute Gasteiger partial charge is 0.0136 e. The molecule has 20 heavy (non-hydrogen) atoms. The summed E-state index contributed by atoms with van der Waals surface area (Å²) in [5.41, 5.74) is 11.6. The predicted molar refractivity (Wildman–Crippen MR) is 87.7 cm³/mol. The molecule has 1 fully saturated rings. The van der Waals surface area contributed by atoms with Crippen LogP contribution in [-0.2, 0) is 0 Å². The topological polar surface area (TPSA) is 76.1 Å². The van der Waals surface area contributed by atoms with Gasteiger partial charge in [0, 0.05) is 37.3 Å². The van der Waals surface area contributed by atoms with Crippen LogP contribution in [0.4, 0.5) is 0 Å². The lowest BCUT2D eigenvalue weighted by Gasteiger charge is -2.36. The largest absolute Gasteiger partial charge is 0.327 e. The summed E-state index contributed by atoms with van der Waals surface area (Å²) in [4.78, 5) is 0. The Balaban J connectivity index is 2.25. The van der Waals surface area contributed by atoms with Gasteiger partial charge in [-0.05, 0) is 65.2 Å². The van der Waals surface area contributed by atoms with Gasteiger partial charge in [0.15, 0.2) is 0 Å². The van der Waals surface area contributed by atoms with Gasteiger partial charge in [-0.1, -0.05) is 0 Å². The highest BCUT2D eigenvalue weighted by Gasteiger charge is 2.27. The molecule has 0 radical (unpaired) electrons. The summed E-state index contributed by atoms with van der Waals surface area (Å²) < 4.78 is 0. The number of rotatable bonds is 8. The summed E-state index contributed by atoms with van der Waals surface area (Å²) in [6, 6.07) is 1.68. The van der Waals surface area contributed by atoms with Crippen molar-refractivity contribution in [3.63, 3.8) is 0 Å². The van der Waals surface area contributed by atoms with E-state index in [1.54, 1.807) is 0 Å². The third kappa shape index (κ3) is 6.53. The van der Waals surface area contributed by atoms with Gasteiger partial charge in [0.25, 0.3) is 0 Å². The van der Waals surface area contributed by atoms with Crippen LogP contribution in [0.1, 0.15) is 53.4 Å². The molecule has 4 unspecified atom stereocenters. The van der Waals surface area contributed by atoms with E-state index in [1.807, 2.05) is 0 Å². The fourth-order valence-electron chi connectivity index (χ4n) is 3.22. The van der Waals surface area contributed by atoms with Crippen LogP contribution in [0.2, 0.25) is 0 Å². The van der Waals surface area contributed by atoms with Crippen molar-refractivity contribution >= 4 is 0 Å². The normalized spacial score (nSPS) is 29.7. The quantitative estimate of drug-likeness (QED) is 0.544. The Bertz CT molecular complexity index is 221. The van der Waals surface area contributed by atoms with Crippen LogP contribution in [0.25, 0.3) is 0 Å². The number of hydrogen-bond acceptors (Lipinski definition) is 4. The van der Waals surface area contributed by atoms with Crippen molar-refractivity contribution in [3.8, 4) is 0 Å². The van der Waals surface area contributed by atoms with Crippen molar-refractivity contribution in [1.29, 1.82) is 0 Å². The second-order valence-corrected chi connectivity index (χ2v) is 7.02. The van der Waals surface area contributed by atoms with Gasteiger partial charge in [-0.15, -0.1) is 0 Å². The summed E-state index contributed by atoms with van der Waals surface area (Å²) in [6.45, 7) is 10.6. The average Bonchev–Trinajstić information content (AvgIpc) is 2.42. The van der Waals surface area contributed by atoms with Crippen molar-refractivity contribution in [2.45, 2.75) is 77.5 Å². The van der Waals surface area contributed by atoms with E-state index < -0.39 is 0 Å². The third-order valence-corrected chi connectivity index (χ3v) is 4.75. The molecule has 0 amide bonds. The minimum Gasteiger partial charge on any atom is -0.327 e. The first-order chi connectivity index (χ1) is 9.40. The first kappa shape index (κ1) is 17.9. The Kier molecular flexibility index (Phi) is 8.03. The second-order valence-electron chi connectivity index (χ2n) is 7.02. The number of hydrogen-bond donors (Lipinski definition) is 4. The molecule has 6 N–H and O–H groups in total. The van der Waals surface area contributed by atoms with Gasteiger partial charge in [-0.25, -0.2) is 0 Å². The molecule has 0 spiro atoms. The maximum absolute atomic E-state index is 5.81. The maximum Gasteiger partial charge on any atom is 0.0136 e. The molecule has 1 aliphatic rings. The van der Waals surface area contributed by atoms with Crippen molar-refractivity contribution < 1.29 is 0 Å². The molecule has 0 bridgehead atoms. The molecule has 4 nitrogen and oxygen atoms in total. The minimum atomic E-state index is 0.247. The van der Waals surface area contributed by atoms with Crippen LogP contribution in [0.15, 0.2) is 0 Å². The molecule has 1 rings (SSSR count). The first-order valence-corrected chi connectivity index (χ1v) is 8.38. The summed E-state index contributed by atoms with van der Waals surface area (Å²) in [5, 5.41) is 7.16. The highest BCUT2D eigenvalue weighted by Crippen LogP contribution is 2.32. The molecule has 0 aromatic heterocycles. The molecule has 1 saturated carbocycles. The fourth-order valence-corrected chi connectivity index (χ4v) is 3.22. The van der Waals surface area contributed by atoms with Gasteiger partial charge in [0.2, 0.25) is 0 Å². The molecule has 4 heteroatoms. The van der Waals surface area contributed by atoms with Gasteiger partial charge >= 0.3 is 0 Å². The standard InChI is InChI=1S/C16H36N4/c1-11(17)9-19-13(3)15-5-7-16(8-6-15)14(4)20-10-12(2)18/h11-16,19-20H,5-10,17-18H2,1-4H3. The zero-order valence-corrected chi connectivity index (χ0v) is 13.9. The van der Waals surface area contributed by atoms with E-state index in [4.69, 9.17) is 11.5 Å². The first-order valence-electron chi connectivity index (χ1n) is 8.38. The Morgan fingerprint density at radius 2 is 1.05 bits per heavy atom. The third-order valence-electron chi connectivity index (χ3n) is 4.75. The highest BCUT2D eigenvalue weighted by atomic mass is 14.9. The van der Waals surface area contributed by atoms with E-state index in [0.29, 0.717) is 12.1 Å². The Hall–Kier alpha value is -0.160. The zero-order valence-electron chi connectivity index (χ0n) is 13.9. The van der Waals surface area contributed by atoms with E-state index >= 15 is 0 Å². The van der Waals surface area contributed by atoms with Gasteiger partial charge in [-0.2, -0.15) is 0 Å².